The van der Waals surface area contributed by atoms with E-state index in [0.717, 1.165) is 18.5 Å². The molecular weight excluding hydrogens is 654 g/mol. The lowest BCUT2D eigenvalue weighted by Crippen LogP contribution is -3.05. The molecule has 15 nitrogen and oxygen atoms in total. The molecule has 3 heterocycles. The first-order chi connectivity index (χ1) is 22.8. The molecule has 4 aromatic rings. The lowest BCUT2D eigenvalue weighted by Gasteiger charge is -2.08. The number of quaternary nitrogens is 1. The number of benzene rings is 1. The summed E-state index contributed by atoms with van der Waals surface area (Å²) in [5.74, 6) is -1.91. The van der Waals surface area contributed by atoms with E-state index in [9.17, 15) is 24.0 Å². The maximum Gasteiger partial charge on any atom is 0.272 e. The van der Waals surface area contributed by atoms with Crippen molar-refractivity contribution in [2.75, 3.05) is 43.1 Å². The van der Waals surface area contributed by atoms with Crippen LogP contribution in [0.2, 0.25) is 0 Å². The van der Waals surface area contributed by atoms with Crippen LogP contribution in [-0.4, -0.2) is 75.6 Å². The van der Waals surface area contributed by atoms with Gasteiger partial charge in [-0.25, -0.2) is 5.48 Å². The Morgan fingerprint density at radius 1 is 0.653 bits per heavy atom. The summed E-state index contributed by atoms with van der Waals surface area (Å²) in [4.78, 5) is 64.1. The Morgan fingerprint density at radius 2 is 1.06 bits per heavy atom. The SMILES string of the molecule is Cn1cc(NC(=O)c2cc(NC(=O)c3cc(NC(=O)Cc4ccc(CC(=O)NO)cc4)cn3C)cn2C)cc1C(=O)NCCC[NH+](C)C.[Cl-]. The Kier molecular flexibility index (Phi) is 13.3. The molecule has 0 aliphatic carbocycles. The predicted octanol–water partition coefficient (Wildman–Crippen LogP) is -2.30. The van der Waals surface area contributed by atoms with Crippen molar-refractivity contribution in [3.63, 3.8) is 0 Å². The van der Waals surface area contributed by atoms with Crippen LogP contribution < -0.4 is 44.1 Å². The molecule has 0 radical (unpaired) electrons. The number of aromatic nitrogens is 3. The van der Waals surface area contributed by atoms with Gasteiger partial charge in [0, 0.05) is 52.7 Å². The van der Waals surface area contributed by atoms with Gasteiger partial charge in [-0.2, -0.15) is 0 Å². The van der Waals surface area contributed by atoms with E-state index in [1.807, 2.05) is 0 Å². The summed E-state index contributed by atoms with van der Waals surface area (Å²) in [5.41, 5.74) is 5.27. The average molecular weight is 696 g/mol. The van der Waals surface area contributed by atoms with Gasteiger partial charge < -0.3 is 52.3 Å². The fraction of sp³-hybridized carbons (Fsp3) is 0.303. The molecule has 16 heteroatoms. The minimum Gasteiger partial charge on any atom is -1.00 e. The molecule has 7 N–H and O–H groups in total. The van der Waals surface area contributed by atoms with Crippen LogP contribution in [0, 0.1) is 0 Å². The van der Waals surface area contributed by atoms with E-state index >= 15 is 0 Å². The second-order valence-electron chi connectivity index (χ2n) is 11.9. The lowest BCUT2D eigenvalue weighted by molar-refractivity contribution is -0.858. The van der Waals surface area contributed by atoms with Crippen molar-refractivity contribution in [2.45, 2.75) is 19.3 Å². The van der Waals surface area contributed by atoms with Crippen molar-refractivity contribution in [2.24, 2.45) is 21.1 Å². The minimum absolute atomic E-state index is 0. The van der Waals surface area contributed by atoms with E-state index in [1.165, 1.54) is 4.90 Å². The van der Waals surface area contributed by atoms with Crippen molar-refractivity contribution in [1.82, 2.24) is 24.5 Å². The standard InChI is InChI=1S/C33H41N9O6.ClH/c1-39(2)12-6-11-34-31(45)26-16-24(19-40(26)3)36-33(47)28-17-25(20-42(28)5)37-32(46)27-15-23(18-41(27)4)35-29(43)13-21-7-9-22(10-8-21)14-30(44)38-48;/h7-10,15-20,48H,6,11-14H2,1-5H3,(H,34,45)(H,35,43)(H,36,47)(H,37,46)(H,38,44);1H. The van der Waals surface area contributed by atoms with Crippen LogP contribution in [0.15, 0.2) is 61.1 Å². The number of carbonyl (C=O) groups is 5. The number of carbonyl (C=O) groups excluding carboxylic acids is 5. The monoisotopic (exact) mass is 695 g/mol. The average Bonchev–Trinajstić information content (AvgIpc) is 3.71. The molecule has 0 atom stereocenters. The number of nitrogens with one attached hydrogen (secondary N) is 6. The Balaban J connectivity index is 0.00000650. The number of hydrogen-bond donors (Lipinski definition) is 7. The van der Waals surface area contributed by atoms with Gasteiger partial charge in [-0.1, -0.05) is 24.3 Å². The van der Waals surface area contributed by atoms with E-state index < -0.39 is 17.7 Å². The minimum atomic E-state index is -0.533. The molecule has 0 fully saturated rings. The lowest BCUT2D eigenvalue weighted by atomic mass is 10.1. The molecule has 0 spiro atoms. The number of halogens is 1. The maximum atomic E-state index is 13.1. The van der Waals surface area contributed by atoms with Crippen LogP contribution in [-0.2, 0) is 43.6 Å². The van der Waals surface area contributed by atoms with Gasteiger partial charge in [0.1, 0.15) is 17.1 Å². The van der Waals surface area contributed by atoms with Gasteiger partial charge in [0.25, 0.3) is 17.7 Å². The predicted molar refractivity (Wildman–Crippen MR) is 179 cm³/mol. The summed E-state index contributed by atoms with van der Waals surface area (Å²) in [6.45, 7) is 1.49. The number of rotatable bonds is 14. The zero-order valence-corrected chi connectivity index (χ0v) is 28.8. The molecule has 0 unspecified atom stereocenters. The van der Waals surface area contributed by atoms with Gasteiger partial charge >= 0.3 is 0 Å². The Hall–Kier alpha value is -5.38. The first kappa shape index (κ1) is 38.1. The molecule has 0 aliphatic rings. The van der Waals surface area contributed by atoms with Crippen molar-refractivity contribution in [1.29, 1.82) is 0 Å². The quantitative estimate of drug-likeness (QED) is 0.0442. The zero-order valence-electron chi connectivity index (χ0n) is 28.0. The molecule has 0 bridgehead atoms. The summed E-state index contributed by atoms with van der Waals surface area (Å²) in [7, 11) is 9.19. The second-order valence-corrected chi connectivity index (χ2v) is 11.9. The Bertz CT molecular complexity index is 1810. The van der Waals surface area contributed by atoms with Crippen LogP contribution in [0.4, 0.5) is 17.1 Å². The topological polar surface area (TPSA) is 185 Å². The Morgan fingerprint density at radius 3 is 1.49 bits per heavy atom. The highest BCUT2D eigenvalue weighted by atomic mass is 35.5. The van der Waals surface area contributed by atoms with Crippen LogP contribution in [0.1, 0.15) is 49.0 Å². The van der Waals surface area contributed by atoms with Gasteiger partial charge in [-0.05, 0) is 29.3 Å². The molecule has 0 saturated heterocycles. The van der Waals surface area contributed by atoms with Gasteiger partial charge in [0.05, 0.1) is 50.5 Å². The summed E-state index contributed by atoms with van der Waals surface area (Å²) >= 11 is 0. The zero-order chi connectivity index (χ0) is 35.0. The van der Waals surface area contributed by atoms with Gasteiger partial charge in [0.15, 0.2) is 0 Å². The van der Waals surface area contributed by atoms with Crippen LogP contribution >= 0.6 is 0 Å². The number of aryl methyl sites for hydroxylation is 3. The highest BCUT2D eigenvalue weighted by molar-refractivity contribution is 6.07. The van der Waals surface area contributed by atoms with Crippen LogP contribution in [0.3, 0.4) is 0 Å². The number of hydroxylamine groups is 1. The maximum absolute atomic E-state index is 13.1. The molecule has 262 valence electrons. The van der Waals surface area contributed by atoms with E-state index in [-0.39, 0.29) is 48.5 Å². The number of anilines is 3. The molecule has 49 heavy (non-hydrogen) atoms. The third-order valence-electron chi connectivity index (χ3n) is 7.53. The fourth-order valence-corrected chi connectivity index (χ4v) is 5.09. The smallest absolute Gasteiger partial charge is 0.272 e. The number of hydrogen-bond acceptors (Lipinski definition) is 6. The fourth-order valence-electron chi connectivity index (χ4n) is 5.09. The highest BCUT2D eigenvalue weighted by Crippen LogP contribution is 2.20. The third kappa shape index (κ3) is 10.6. The van der Waals surface area contributed by atoms with E-state index in [1.54, 1.807) is 101 Å². The molecule has 0 aliphatic heterocycles. The molecule has 0 saturated carbocycles. The first-order valence-corrected chi connectivity index (χ1v) is 15.3. The second kappa shape index (κ2) is 17.1. The molecule has 4 rings (SSSR count). The first-order valence-electron chi connectivity index (χ1n) is 15.3. The summed E-state index contributed by atoms with van der Waals surface area (Å²) < 4.78 is 4.81. The highest BCUT2D eigenvalue weighted by Gasteiger charge is 2.19. The van der Waals surface area contributed by atoms with Crippen molar-refractivity contribution in [3.05, 3.63) is 89.3 Å². The third-order valence-corrected chi connectivity index (χ3v) is 7.53. The summed E-state index contributed by atoms with van der Waals surface area (Å²) in [6.07, 6.45) is 5.83. The van der Waals surface area contributed by atoms with Crippen LogP contribution in [0.5, 0.6) is 0 Å². The number of nitrogens with zero attached hydrogens (tertiary/aromatic N) is 3. The molecule has 1 aromatic carbocycles. The molecular formula is C33H42ClN9O6. The normalized spacial score (nSPS) is 10.7. The van der Waals surface area contributed by atoms with Gasteiger partial charge in [-0.15, -0.1) is 0 Å². The summed E-state index contributed by atoms with van der Waals surface area (Å²) in [5, 5.41) is 20.0. The van der Waals surface area contributed by atoms with Gasteiger partial charge in [-0.3, -0.25) is 29.2 Å². The Labute approximate surface area is 290 Å². The van der Waals surface area contributed by atoms with Crippen molar-refractivity contribution < 1.29 is 46.5 Å². The molecule has 5 amide bonds. The van der Waals surface area contributed by atoms with E-state index in [4.69, 9.17) is 5.21 Å². The van der Waals surface area contributed by atoms with E-state index in [0.29, 0.717) is 34.9 Å². The summed E-state index contributed by atoms with van der Waals surface area (Å²) in [6, 6.07) is 11.6. The number of amides is 5. The van der Waals surface area contributed by atoms with E-state index in [2.05, 4.69) is 35.4 Å². The van der Waals surface area contributed by atoms with Crippen LogP contribution in [0.25, 0.3) is 0 Å². The van der Waals surface area contributed by atoms with Crippen molar-refractivity contribution >= 4 is 46.6 Å². The molecule has 3 aromatic heterocycles. The van der Waals surface area contributed by atoms with Gasteiger partial charge in [0.2, 0.25) is 11.8 Å². The largest absolute Gasteiger partial charge is 1.00 e. The van der Waals surface area contributed by atoms with Crippen molar-refractivity contribution in [3.8, 4) is 0 Å².